The number of hydrogen-bond acceptors (Lipinski definition) is 2. The Morgan fingerprint density at radius 3 is 2.22 bits per heavy atom. The molecule has 0 aromatic rings. The van der Waals surface area contributed by atoms with Gasteiger partial charge in [0.25, 0.3) is 0 Å². The Balaban J connectivity index is 3.72. The molecule has 0 aliphatic carbocycles. The molecule has 0 aromatic carbocycles. The number of hydrogen-bond donors (Lipinski definition) is 2. The van der Waals surface area contributed by atoms with E-state index in [0.29, 0.717) is 0 Å². The van der Waals surface area contributed by atoms with Gasteiger partial charge in [-0.05, 0) is 0 Å². The first-order valence-electron chi connectivity index (χ1n) is 2.28. The minimum atomic E-state index is -0.989. The van der Waals surface area contributed by atoms with E-state index in [-0.39, 0.29) is 6.61 Å². The van der Waals surface area contributed by atoms with Crippen LogP contribution >= 0.6 is 23.2 Å². The van der Waals surface area contributed by atoms with Crippen molar-refractivity contribution in [3.8, 4) is 0 Å². The molecule has 0 heterocycles. The van der Waals surface area contributed by atoms with Crippen molar-refractivity contribution in [2.75, 3.05) is 6.61 Å². The monoisotopic (exact) mass is 171 g/mol. The van der Waals surface area contributed by atoms with Crippen LogP contribution in [-0.2, 0) is 4.79 Å². The van der Waals surface area contributed by atoms with Crippen LogP contribution in [0.5, 0.6) is 0 Å². The molecule has 0 unspecified atom stereocenters. The smallest absolute Gasteiger partial charge is 0.237 e. The van der Waals surface area contributed by atoms with Gasteiger partial charge in [0, 0.05) is 0 Å². The van der Waals surface area contributed by atoms with E-state index in [1.807, 2.05) is 0 Å². The van der Waals surface area contributed by atoms with Crippen LogP contribution < -0.4 is 5.73 Å². The molecule has 1 amide bonds. The number of nitrogens with two attached hydrogens (primary N) is 1. The van der Waals surface area contributed by atoms with Gasteiger partial charge in [0.05, 0.1) is 12.0 Å². The van der Waals surface area contributed by atoms with Crippen LogP contribution in [0.1, 0.15) is 0 Å². The molecular weight excluding hydrogens is 165 g/mol. The predicted molar refractivity (Wildman–Crippen MR) is 35.6 cm³/mol. The molecule has 0 aliphatic heterocycles. The maximum absolute atomic E-state index is 10.2. The standard InChI is InChI=1S/C4H7Cl2NO2/c5-2(1-8)3(6)4(7)9/h2-3,8H,1H2,(H2,7,9)/t2-,3-/m0/s1. The molecule has 0 spiro atoms. The molecule has 5 heteroatoms. The van der Waals surface area contributed by atoms with Crippen molar-refractivity contribution in [2.24, 2.45) is 5.73 Å². The average Bonchev–Trinajstić information content (AvgIpc) is 1.84. The lowest BCUT2D eigenvalue weighted by Crippen LogP contribution is -2.33. The number of halogens is 2. The van der Waals surface area contributed by atoms with Crippen LogP contribution in [0.25, 0.3) is 0 Å². The highest BCUT2D eigenvalue weighted by Crippen LogP contribution is 2.07. The molecule has 0 aromatic heterocycles. The summed E-state index contributed by atoms with van der Waals surface area (Å²) in [6.45, 7) is -0.349. The summed E-state index contributed by atoms with van der Waals surface area (Å²) in [5, 5.41) is 6.55. The fraction of sp³-hybridized carbons (Fsp3) is 0.750. The Bertz CT molecular complexity index is 109. The molecule has 0 fully saturated rings. The molecule has 2 atom stereocenters. The average molecular weight is 172 g/mol. The molecule has 54 valence electrons. The summed E-state index contributed by atoms with van der Waals surface area (Å²) in [4.78, 5) is 10.2. The molecule has 0 rings (SSSR count). The van der Waals surface area contributed by atoms with E-state index in [4.69, 9.17) is 34.0 Å². The molecule has 3 nitrogen and oxygen atoms in total. The normalized spacial score (nSPS) is 16.8. The Hall–Kier alpha value is 0.01000. The van der Waals surface area contributed by atoms with Gasteiger partial charge in [0.1, 0.15) is 5.38 Å². The number of amides is 1. The number of primary amides is 1. The number of carbonyl (C=O) groups excluding carboxylic acids is 1. The zero-order valence-electron chi connectivity index (χ0n) is 4.55. The molecule has 9 heavy (non-hydrogen) atoms. The van der Waals surface area contributed by atoms with Crippen LogP contribution in [0.2, 0.25) is 0 Å². The van der Waals surface area contributed by atoms with E-state index in [1.165, 1.54) is 0 Å². The van der Waals surface area contributed by atoms with Crippen LogP contribution in [0.3, 0.4) is 0 Å². The van der Waals surface area contributed by atoms with Gasteiger partial charge in [0.2, 0.25) is 5.91 Å². The van der Waals surface area contributed by atoms with Crippen molar-refractivity contribution in [1.29, 1.82) is 0 Å². The summed E-state index contributed by atoms with van der Waals surface area (Å²) in [7, 11) is 0. The minimum absolute atomic E-state index is 0.349. The fourth-order valence-corrected chi connectivity index (χ4v) is 0.475. The fourth-order valence-electron chi connectivity index (χ4n) is 0.271. The maximum atomic E-state index is 10.2. The number of alkyl halides is 2. The molecular formula is C4H7Cl2NO2. The molecule has 3 N–H and O–H groups in total. The van der Waals surface area contributed by atoms with Gasteiger partial charge in [-0.15, -0.1) is 23.2 Å². The first kappa shape index (κ1) is 9.01. The van der Waals surface area contributed by atoms with Crippen molar-refractivity contribution >= 4 is 29.1 Å². The molecule has 0 saturated carbocycles. The lowest BCUT2D eigenvalue weighted by molar-refractivity contribution is -0.117. The third kappa shape index (κ3) is 2.89. The number of aliphatic hydroxyl groups excluding tert-OH is 1. The largest absolute Gasteiger partial charge is 0.395 e. The zero-order valence-corrected chi connectivity index (χ0v) is 6.06. The van der Waals surface area contributed by atoms with Gasteiger partial charge < -0.3 is 10.8 Å². The molecule has 0 radical (unpaired) electrons. The van der Waals surface area contributed by atoms with Gasteiger partial charge >= 0.3 is 0 Å². The van der Waals surface area contributed by atoms with Gasteiger partial charge in [-0.2, -0.15) is 0 Å². The summed E-state index contributed by atoms with van der Waals surface area (Å²) in [6.07, 6.45) is 0. The summed E-state index contributed by atoms with van der Waals surface area (Å²) < 4.78 is 0. The Kier molecular flexibility index (Phi) is 3.93. The first-order chi connectivity index (χ1) is 4.09. The SMILES string of the molecule is NC(=O)[C@@H](Cl)[C@@H](Cl)CO. The van der Waals surface area contributed by atoms with Crippen LogP contribution in [0.4, 0.5) is 0 Å². The van der Waals surface area contributed by atoms with E-state index >= 15 is 0 Å². The van der Waals surface area contributed by atoms with Crippen molar-refractivity contribution < 1.29 is 9.90 Å². The Labute approximate surface area is 62.7 Å². The van der Waals surface area contributed by atoms with E-state index in [1.54, 1.807) is 0 Å². The third-order valence-corrected chi connectivity index (χ3v) is 1.80. The van der Waals surface area contributed by atoms with Crippen molar-refractivity contribution in [3.05, 3.63) is 0 Å². The van der Waals surface area contributed by atoms with Crippen molar-refractivity contribution in [1.82, 2.24) is 0 Å². The highest BCUT2D eigenvalue weighted by molar-refractivity contribution is 6.37. The van der Waals surface area contributed by atoms with E-state index in [0.717, 1.165) is 0 Å². The summed E-state index contributed by atoms with van der Waals surface area (Å²) in [6, 6.07) is 0. The number of rotatable bonds is 3. The zero-order chi connectivity index (χ0) is 7.44. The quantitative estimate of drug-likeness (QED) is 0.573. The highest BCUT2D eigenvalue weighted by atomic mass is 35.5. The van der Waals surface area contributed by atoms with Crippen molar-refractivity contribution in [3.63, 3.8) is 0 Å². The minimum Gasteiger partial charge on any atom is -0.395 e. The molecule has 0 saturated heterocycles. The summed E-state index contributed by atoms with van der Waals surface area (Å²) >= 11 is 10.6. The summed E-state index contributed by atoms with van der Waals surface area (Å²) in [5.74, 6) is -0.717. The highest BCUT2D eigenvalue weighted by Gasteiger charge is 2.20. The topological polar surface area (TPSA) is 63.3 Å². The maximum Gasteiger partial charge on any atom is 0.237 e. The van der Waals surface area contributed by atoms with Crippen LogP contribution in [0.15, 0.2) is 0 Å². The van der Waals surface area contributed by atoms with E-state index < -0.39 is 16.7 Å². The van der Waals surface area contributed by atoms with Crippen LogP contribution in [0, 0.1) is 0 Å². The van der Waals surface area contributed by atoms with E-state index in [9.17, 15) is 4.79 Å². The van der Waals surface area contributed by atoms with Gasteiger partial charge in [-0.3, -0.25) is 4.79 Å². The third-order valence-electron chi connectivity index (χ3n) is 0.764. The van der Waals surface area contributed by atoms with Crippen molar-refractivity contribution in [2.45, 2.75) is 10.8 Å². The van der Waals surface area contributed by atoms with E-state index in [2.05, 4.69) is 0 Å². The second-order valence-corrected chi connectivity index (χ2v) is 2.53. The molecule has 0 bridgehead atoms. The number of aliphatic hydroxyl groups is 1. The Morgan fingerprint density at radius 1 is 1.67 bits per heavy atom. The Morgan fingerprint density at radius 2 is 2.11 bits per heavy atom. The second kappa shape index (κ2) is 3.93. The molecule has 0 aliphatic rings. The van der Waals surface area contributed by atoms with Gasteiger partial charge in [-0.1, -0.05) is 0 Å². The van der Waals surface area contributed by atoms with Crippen LogP contribution in [-0.4, -0.2) is 28.4 Å². The van der Waals surface area contributed by atoms with Gasteiger partial charge in [0.15, 0.2) is 0 Å². The lowest BCUT2D eigenvalue weighted by Gasteiger charge is -2.07. The summed E-state index contributed by atoms with van der Waals surface area (Å²) in [5.41, 5.74) is 4.75. The second-order valence-electron chi connectivity index (χ2n) is 1.50. The first-order valence-corrected chi connectivity index (χ1v) is 3.15. The lowest BCUT2D eigenvalue weighted by atomic mass is 10.3. The number of carbonyl (C=O) groups is 1. The predicted octanol–water partition coefficient (Wildman–Crippen LogP) is -0.321. The van der Waals surface area contributed by atoms with Gasteiger partial charge in [-0.25, -0.2) is 0 Å².